The van der Waals surface area contributed by atoms with Crippen LogP contribution in [-0.4, -0.2) is 40.6 Å². The van der Waals surface area contributed by atoms with Crippen LogP contribution in [0.2, 0.25) is 0 Å². The average Bonchev–Trinajstić information content (AvgIpc) is 2.71. The number of hydrogen-bond donors (Lipinski definition) is 2. The van der Waals surface area contributed by atoms with Crippen molar-refractivity contribution in [1.29, 1.82) is 0 Å². The number of rotatable bonds is 5. The second-order valence-electron chi connectivity index (χ2n) is 7.08. The lowest BCUT2D eigenvalue weighted by atomic mass is 10.0. The van der Waals surface area contributed by atoms with Crippen molar-refractivity contribution in [3.05, 3.63) is 48.0 Å². The summed E-state index contributed by atoms with van der Waals surface area (Å²) in [4.78, 5) is 2.35. The highest BCUT2D eigenvalue weighted by Gasteiger charge is 2.27. The van der Waals surface area contributed by atoms with Crippen LogP contribution in [0.1, 0.15) is 24.8 Å². The molecule has 0 unspecified atom stereocenters. The molecule has 1 fully saturated rings. The fourth-order valence-electron chi connectivity index (χ4n) is 3.81. The number of ether oxygens (including phenoxy) is 2. The highest BCUT2D eigenvalue weighted by atomic mass is 32.2. The van der Waals surface area contributed by atoms with Gasteiger partial charge in [0.1, 0.15) is 18.1 Å². The van der Waals surface area contributed by atoms with E-state index in [-0.39, 0.29) is 11.9 Å². The molecule has 0 bridgehead atoms. The van der Waals surface area contributed by atoms with Gasteiger partial charge in [0.2, 0.25) is 0 Å². The number of piperidine rings is 1. The Balaban J connectivity index is 1.53. The van der Waals surface area contributed by atoms with E-state index in [2.05, 4.69) is 26.2 Å². The van der Waals surface area contributed by atoms with Crippen molar-refractivity contribution in [2.45, 2.75) is 25.3 Å². The molecule has 0 saturated carbocycles. The smallest absolute Gasteiger partial charge is 0.344 e. The molecule has 2 heterocycles. The SMILES string of the molecule is COc1ccc(N2CCCC[C@@H]2COc2cccc3c2C(N)=NS(=O)(=O)N3)cc1. The van der Waals surface area contributed by atoms with Crippen LogP contribution in [0.5, 0.6) is 11.5 Å². The highest BCUT2D eigenvalue weighted by molar-refractivity contribution is 7.91. The number of nitrogens with two attached hydrogens (primary N) is 1. The molecule has 29 heavy (non-hydrogen) atoms. The van der Waals surface area contributed by atoms with Crippen LogP contribution >= 0.6 is 0 Å². The molecule has 2 aromatic carbocycles. The first-order valence-corrected chi connectivity index (χ1v) is 11.0. The molecule has 0 aromatic heterocycles. The molecule has 1 saturated heterocycles. The van der Waals surface area contributed by atoms with Gasteiger partial charge in [-0.05, 0) is 55.7 Å². The van der Waals surface area contributed by atoms with E-state index in [9.17, 15) is 8.42 Å². The minimum atomic E-state index is -3.81. The Morgan fingerprint density at radius 3 is 2.76 bits per heavy atom. The van der Waals surface area contributed by atoms with E-state index in [4.69, 9.17) is 15.2 Å². The van der Waals surface area contributed by atoms with Crippen molar-refractivity contribution < 1.29 is 17.9 Å². The summed E-state index contributed by atoms with van der Waals surface area (Å²) in [7, 11) is -2.15. The Hall–Kier alpha value is -2.94. The molecular formula is C20H24N4O4S. The second-order valence-corrected chi connectivity index (χ2v) is 8.42. The van der Waals surface area contributed by atoms with Crippen LogP contribution < -0.4 is 24.8 Å². The zero-order valence-corrected chi connectivity index (χ0v) is 17.0. The van der Waals surface area contributed by atoms with Gasteiger partial charge in [0.15, 0.2) is 5.84 Å². The number of methoxy groups -OCH3 is 1. The van der Waals surface area contributed by atoms with Crippen LogP contribution in [0.15, 0.2) is 46.9 Å². The number of benzene rings is 2. The van der Waals surface area contributed by atoms with Gasteiger partial charge in [-0.3, -0.25) is 4.72 Å². The van der Waals surface area contributed by atoms with E-state index in [0.717, 1.165) is 37.2 Å². The number of nitrogens with one attached hydrogen (secondary N) is 1. The Morgan fingerprint density at radius 1 is 1.21 bits per heavy atom. The molecule has 2 aliphatic rings. The first-order chi connectivity index (χ1) is 14.0. The molecule has 0 aliphatic carbocycles. The molecule has 8 nitrogen and oxygen atoms in total. The summed E-state index contributed by atoms with van der Waals surface area (Å²) < 4.78 is 40.8. The standard InChI is InChI=1S/C20H24N4O4S/c1-27-16-10-8-14(9-11-16)24-12-3-2-5-15(24)13-28-18-7-4-6-17-19(18)20(21)23-29(25,26)22-17/h4,6-11,15,22H,2-3,5,12-13H2,1H3,(H2,21,23)/t15-/m1/s1. The molecule has 2 aromatic rings. The molecule has 154 valence electrons. The predicted octanol–water partition coefficient (Wildman–Crippen LogP) is 2.51. The topological polar surface area (TPSA) is 106 Å². The third-order valence-corrected chi connectivity index (χ3v) is 6.12. The zero-order chi connectivity index (χ0) is 20.4. The summed E-state index contributed by atoms with van der Waals surface area (Å²) >= 11 is 0. The molecule has 4 rings (SSSR count). The number of amidine groups is 1. The van der Waals surface area contributed by atoms with E-state index in [0.29, 0.717) is 23.6 Å². The van der Waals surface area contributed by atoms with Crippen LogP contribution in [-0.2, 0) is 10.2 Å². The summed E-state index contributed by atoms with van der Waals surface area (Å²) in [6.07, 6.45) is 3.28. The summed E-state index contributed by atoms with van der Waals surface area (Å²) in [5, 5.41) is 0. The maximum Gasteiger partial charge on any atom is 0.344 e. The minimum absolute atomic E-state index is 0.0648. The Morgan fingerprint density at radius 2 is 2.00 bits per heavy atom. The summed E-state index contributed by atoms with van der Waals surface area (Å²) in [6.45, 7) is 1.42. The second kappa shape index (κ2) is 7.82. The van der Waals surface area contributed by atoms with Gasteiger partial charge in [-0.2, -0.15) is 8.42 Å². The van der Waals surface area contributed by atoms with E-state index in [1.54, 1.807) is 25.3 Å². The lowest BCUT2D eigenvalue weighted by Crippen LogP contribution is -2.43. The van der Waals surface area contributed by atoms with Gasteiger partial charge in [-0.25, -0.2) is 0 Å². The predicted molar refractivity (Wildman–Crippen MR) is 113 cm³/mol. The molecule has 0 spiro atoms. The lowest BCUT2D eigenvalue weighted by molar-refractivity contribution is 0.260. The number of anilines is 2. The highest BCUT2D eigenvalue weighted by Crippen LogP contribution is 2.32. The number of fused-ring (bicyclic) bond motifs is 1. The van der Waals surface area contributed by atoms with Crippen LogP contribution in [0.4, 0.5) is 11.4 Å². The maximum absolute atomic E-state index is 11.8. The normalized spacial score (nSPS) is 20.2. The quantitative estimate of drug-likeness (QED) is 0.776. The van der Waals surface area contributed by atoms with Gasteiger partial charge < -0.3 is 20.1 Å². The molecule has 1 atom stereocenters. The largest absolute Gasteiger partial charge is 0.497 e. The minimum Gasteiger partial charge on any atom is -0.497 e. The van der Waals surface area contributed by atoms with Gasteiger partial charge in [0.05, 0.1) is 24.4 Å². The van der Waals surface area contributed by atoms with Gasteiger partial charge in [0, 0.05) is 12.2 Å². The first-order valence-electron chi connectivity index (χ1n) is 9.52. The molecule has 2 aliphatic heterocycles. The van der Waals surface area contributed by atoms with Crippen molar-refractivity contribution in [3.63, 3.8) is 0 Å². The monoisotopic (exact) mass is 416 g/mol. The number of nitrogens with zero attached hydrogens (tertiary/aromatic N) is 2. The van der Waals surface area contributed by atoms with Gasteiger partial charge in [-0.1, -0.05) is 6.07 Å². The van der Waals surface area contributed by atoms with Gasteiger partial charge >= 0.3 is 10.2 Å². The van der Waals surface area contributed by atoms with Crippen LogP contribution in [0.25, 0.3) is 0 Å². The van der Waals surface area contributed by atoms with Crippen molar-refractivity contribution >= 4 is 27.4 Å². The number of hydrogen-bond acceptors (Lipinski definition) is 6. The van der Waals surface area contributed by atoms with E-state index in [1.165, 1.54) is 0 Å². The molecule has 3 N–H and O–H groups in total. The molecule has 9 heteroatoms. The van der Waals surface area contributed by atoms with Crippen molar-refractivity contribution in [2.75, 3.05) is 29.9 Å². The Kier molecular flexibility index (Phi) is 5.23. The van der Waals surface area contributed by atoms with Gasteiger partial charge in [0.25, 0.3) is 0 Å². The first kappa shape index (κ1) is 19.4. The van der Waals surface area contributed by atoms with Crippen molar-refractivity contribution in [2.24, 2.45) is 10.1 Å². The summed E-state index contributed by atoms with van der Waals surface area (Å²) in [5.41, 5.74) is 7.89. The van der Waals surface area contributed by atoms with E-state index >= 15 is 0 Å². The fourth-order valence-corrected chi connectivity index (χ4v) is 4.65. The van der Waals surface area contributed by atoms with Gasteiger partial charge in [-0.15, -0.1) is 4.40 Å². The van der Waals surface area contributed by atoms with E-state index in [1.807, 2.05) is 12.1 Å². The molecule has 0 amide bonds. The Bertz CT molecular complexity index is 1020. The van der Waals surface area contributed by atoms with Crippen molar-refractivity contribution in [1.82, 2.24) is 0 Å². The zero-order valence-electron chi connectivity index (χ0n) is 16.2. The van der Waals surface area contributed by atoms with Crippen molar-refractivity contribution in [3.8, 4) is 11.5 Å². The van der Waals surface area contributed by atoms with Crippen LogP contribution in [0, 0.1) is 0 Å². The molecular weight excluding hydrogens is 392 g/mol. The maximum atomic E-state index is 11.8. The Labute approximate surface area is 170 Å². The average molecular weight is 417 g/mol. The summed E-state index contributed by atoms with van der Waals surface area (Å²) in [5.74, 6) is 1.28. The molecule has 0 radical (unpaired) electrons. The van der Waals surface area contributed by atoms with E-state index < -0.39 is 10.2 Å². The fraction of sp³-hybridized carbons (Fsp3) is 0.350. The lowest BCUT2D eigenvalue weighted by Gasteiger charge is -2.37. The third kappa shape index (κ3) is 4.09. The third-order valence-electron chi connectivity index (χ3n) is 5.20. The summed E-state index contributed by atoms with van der Waals surface area (Å²) in [6, 6.07) is 13.4. The van der Waals surface area contributed by atoms with Crippen LogP contribution in [0.3, 0.4) is 0 Å².